The summed E-state index contributed by atoms with van der Waals surface area (Å²) in [5.74, 6) is 0.766. The standard InChI is InChI=1S/C20H15F3N2O3S/c21-20(22,23)15-12-18(19-24-29(26,27)11-10-25(19)13-15)14-6-8-17(9-7-14)28-16-4-2-1-3-5-16/h1-9,12-13H,10-11H2. The van der Waals surface area contributed by atoms with Crippen molar-refractivity contribution in [3.8, 4) is 11.5 Å². The van der Waals surface area contributed by atoms with Gasteiger partial charge in [-0.3, -0.25) is 0 Å². The molecule has 0 saturated heterocycles. The second-order valence-corrected chi connectivity index (χ2v) is 8.23. The molecule has 0 spiro atoms. The first-order valence-corrected chi connectivity index (χ1v) is 10.3. The van der Waals surface area contributed by atoms with Crippen LogP contribution in [-0.4, -0.2) is 37.6 Å². The van der Waals surface area contributed by atoms with Gasteiger partial charge in [0.1, 0.15) is 11.5 Å². The molecule has 0 aliphatic carbocycles. The number of benzene rings is 2. The van der Waals surface area contributed by atoms with Crippen molar-refractivity contribution >= 4 is 21.4 Å². The monoisotopic (exact) mass is 420 g/mol. The van der Waals surface area contributed by atoms with Crippen molar-refractivity contribution in [2.75, 3.05) is 12.3 Å². The van der Waals surface area contributed by atoms with Crippen LogP contribution >= 0.6 is 0 Å². The molecule has 0 aromatic heterocycles. The number of halogens is 3. The molecule has 9 heteroatoms. The van der Waals surface area contributed by atoms with Crippen LogP contribution in [0.5, 0.6) is 11.5 Å². The van der Waals surface area contributed by atoms with Crippen LogP contribution in [0.1, 0.15) is 5.56 Å². The number of nitrogens with zero attached hydrogens (tertiary/aromatic N) is 2. The van der Waals surface area contributed by atoms with E-state index in [4.69, 9.17) is 4.74 Å². The molecular formula is C20H15F3N2O3S. The lowest BCUT2D eigenvalue weighted by Crippen LogP contribution is -2.39. The fourth-order valence-electron chi connectivity index (χ4n) is 3.00. The molecule has 0 N–H and O–H groups in total. The summed E-state index contributed by atoms with van der Waals surface area (Å²) in [6, 6.07) is 15.4. The average Bonchev–Trinajstić information content (AvgIpc) is 2.67. The van der Waals surface area contributed by atoms with Crippen molar-refractivity contribution in [2.24, 2.45) is 4.40 Å². The highest BCUT2D eigenvalue weighted by Gasteiger charge is 2.38. The molecule has 0 radical (unpaired) electrons. The summed E-state index contributed by atoms with van der Waals surface area (Å²) < 4.78 is 73.2. The van der Waals surface area contributed by atoms with Crippen LogP contribution in [0.3, 0.4) is 0 Å². The Labute approximate surface area is 165 Å². The highest BCUT2D eigenvalue weighted by Crippen LogP contribution is 2.36. The Morgan fingerprint density at radius 3 is 2.28 bits per heavy atom. The van der Waals surface area contributed by atoms with E-state index in [0.29, 0.717) is 17.1 Å². The number of amidine groups is 1. The number of rotatable bonds is 3. The van der Waals surface area contributed by atoms with E-state index in [1.165, 1.54) is 4.90 Å². The van der Waals surface area contributed by atoms with E-state index in [2.05, 4.69) is 4.40 Å². The minimum absolute atomic E-state index is 0.0130. The van der Waals surface area contributed by atoms with Crippen LogP contribution < -0.4 is 4.74 Å². The van der Waals surface area contributed by atoms with Gasteiger partial charge in [-0.05, 0) is 35.9 Å². The van der Waals surface area contributed by atoms with E-state index in [-0.39, 0.29) is 23.7 Å². The maximum atomic E-state index is 13.3. The number of hydrogen-bond acceptors (Lipinski definition) is 4. The van der Waals surface area contributed by atoms with Crippen LogP contribution in [0.15, 0.2) is 76.8 Å². The van der Waals surface area contributed by atoms with Crippen molar-refractivity contribution in [1.29, 1.82) is 0 Å². The Balaban J connectivity index is 1.71. The first kappa shape index (κ1) is 19.3. The summed E-state index contributed by atoms with van der Waals surface area (Å²) in [6.45, 7) is -0.0900. The van der Waals surface area contributed by atoms with Gasteiger partial charge in [-0.2, -0.15) is 13.2 Å². The lowest BCUT2D eigenvalue weighted by molar-refractivity contribution is -0.0890. The van der Waals surface area contributed by atoms with E-state index in [9.17, 15) is 21.6 Å². The summed E-state index contributed by atoms with van der Waals surface area (Å²) in [4.78, 5) is 1.23. The summed E-state index contributed by atoms with van der Waals surface area (Å²) in [5.41, 5.74) is -0.370. The van der Waals surface area contributed by atoms with Gasteiger partial charge in [0.2, 0.25) is 0 Å². The van der Waals surface area contributed by atoms with Gasteiger partial charge in [-0.25, -0.2) is 8.42 Å². The van der Waals surface area contributed by atoms with E-state index in [0.717, 1.165) is 12.3 Å². The first-order valence-electron chi connectivity index (χ1n) is 8.65. The van der Waals surface area contributed by atoms with Crippen LogP contribution in [0, 0.1) is 0 Å². The smallest absolute Gasteiger partial charge is 0.417 e. The molecule has 0 saturated carbocycles. The summed E-state index contributed by atoms with van der Waals surface area (Å²) in [6.07, 6.45) is -2.75. The van der Waals surface area contributed by atoms with E-state index in [1.807, 2.05) is 18.2 Å². The SMILES string of the molecule is O=S1(=O)CCN2C=C(C(F)(F)F)C=C(c3ccc(Oc4ccccc4)cc3)C2=N1. The molecule has 0 bridgehead atoms. The highest BCUT2D eigenvalue weighted by molar-refractivity contribution is 7.90. The fraction of sp³-hybridized carbons (Fsp3) is 0.150. The Kier molecular flexibility index (Phi) is 4.70. The molecule has 2 aromatic rings. The third-order valence-corrected chi connectivity index (χ3v) is 5.54. The number of allylic oxidation sites excluding steroid dienone is 2. The molecule has 0 amide bonds. The second-order valence-electron chi connectivity index (χ2n) is 6.47. The van der Waals surface area contributed by atoms with Gasteiger partial charge in [-0.15, -0.1) is 4.40 Å². The van der Waals surface area contributed by atoms with Crippen molar-refractivity contribution < 1.29 is 26.3 Å². The van der Waals surface area contributed by atoms with Gasteiger partial charge in [0.05, 0.1) is 11.3 Å². The Morgan fingerprint density at radius 2 is 1.62 bits per heavy atom. The maximum absolute atomic E-state index is 13.3. The molecule has 150 valence electrons. The number of ether oxygens (including phenoxy) is 1. The molecule has 2 heterocycles. The highest BCUT2D eigenvalue weighted by atomic mass is 32.2. The lowest BCUT2D eigenvalue weighted by atomic mass is 9.98. The number of fused-ring (bicyclic) bond motifs is 1. The van der Waals surface area contributed by atoms with Crippen molar-refractivity contribution in [1.82, 2.24) is 4.90 Å². The number of hydrogen-bond donors (Lipinski definition) is 0. The molecular weight excluding hydrogens is 405 g/mol. The fourth-order valence-corrected chi connectivity index (χ4v) is 3.98. The van der Waals surface area contributed by atoms with Crippen molar-refractivity contribution in [3.63, 3.8) is 0 Å². The van der Waals surface area contributed by atoms with Crippen molar-refractivity contribution in [2.45, 2.75) is 6.18 Å². The molecule has 0 atom stereocenters. The van der Waals surface area contributed by atoms with Crippen LogP contribution in [-0.2, 0) is 10.0 Å². The van der Waals surface area contributed by atoms with Crippen LogP contribution in [0.25, 0.3) is 5.57 Å². The zero-order chi connectivity index (χ0) is 20.6. The molecule has 4 rings (SSSR count). The Morgan fingerprint density at radius 1 is 0.966 bits per heavy atom. The van der Waals surface area contributed by atoms with Gasteiger partial charge in [0.25, 0.3) is 10.0 Å². The minimum Gasteiger partial charge on any atom is -0.457 e. The molecule has 29 heavy (non-hydrogen) atoms. The van der Waals surface area contributed by atoms with Gasteiger partial charge in [-0.1, -0.05) is 30.3 Å². The van der Waals surface area contributed by atoms with Gasteiger partial charge in [0, 0.05) is 18.3 Å². The van der Waals surface area contributed by atoms with E-state index >= 15 is 0 Å². The van der Waals surface area contributed by atoms with Gasteiger partial charge in [0.15, 0.2) is 5.84 Å². The topological polar surface area (TPSA) is 59.0 Å². The zero-order valence-electron chi connectivity index (χ0n) is 14.9. The van der Waals surface area contributed by atoms with Crippen LogP contribution in [0.4, 0.5) is 13.2 Å². The Bertz CT molecular complexity index is 1120. The quantitative estimate of drug-likeness (QED) is 0.740. The number of sulfonamides is 1. The molecule has 2 aromatic carbocycles. The normalized spacial score (nSPS) is 18.3. The van der Waals surface area contributed by atoms with E-state index in [1.54, 1.807) is 36.4 Å². The predicted octanol–water partition coefficient (Wildman–Crippen LogP) is 4.37. The molecule has 0 fully saturated rings. The largest absolute Gasteiger partial charge is 0.457 e. The Hall–Kier alpha value is -3.07. The third kappa shape index (κ3) is 4.19. The maximum Gasteiger partial charge on any atom is 0.417 e. The lowest BCUT2D eigenvalue weighted by Gasteiger charge is -2.31. The second kappa shape index (κ2) is 7.07. The van der Waals surface area contributed by atoms with Crippen LogP contribution in [0.2, 0.25) is 0 Å². The number of alkyl halides is 3. The van der Waals surface area contributed by atoms with Gasteiger partial charge >= 0.3 is 6.18 Å². The summed E-state index contributed by atoms with van der Waals surface area (Å²) >= 11 is 0. The minimum atomic E-state index is -4.57. The van der Waals surface area contributed by atoms with Crippen molar-refractivity contribution in [3.05, 3.63) is 78.0 Å². The zero-order valence-corrected chi connectivity index (χ0v) is 15.7. The molecule has 5 nitrogen and oxygen atoms in total. The summed E-state index contributed by atoms with van der Waals surface area (Å²) in [5, 5.41) is 0. The summed E-state index contributed by atoms with van der Waals surface area (Å²) in [7, 11) is -3.73. The molecule has 0 unspecified atom stereocenters. The molecule has 2 aliphatic rings. The van der Waals surface area contributed by atoms with Gasteiger partial charge < -0.3 is 9.64 Å². The molecule has 2 aliphatic heterocycles. The third-order valence-electron chi connectivity index (χ3n) is 4.39. The first-order chi connectivity index (χ1) is 13.7. The predicted molar refractivity (Wildman–Crippen MR) is 103 cm³/mol. The number of para-hydroxylation sites is 1. The van der Waals surface area contributed by atoms with E-state index < -0.39 is 21.8 Å². The average molecular weight is 420 g/mol.